The first-order valence-corrected chi connectivity index (χ1v) is 10.5. The topological polar surface area (TPSA) is 88.4 Å². The summed E-state index contributed by atoms with van der Waals surface area (Å²) in [7, 11) is 1.78. The Balaban J connectivity index is 1.38. The van der Waals surface area contributed by atoms with Crippen molar-refractivity contribution < 1.29 is 14.4 Å². The molecule has 28 heavy (non-hydrogen) atoms. The Morgan fingerprint density at radius 1 is 1.29 bits per heavy atom. The smallest absolute Gasteiger partial charge is 0.228 e. The Labute approximate surface area is 167 Å². The average molecular weight is 401 g/mol. The molecule has 2 aliphatic rings. The van der Waals surface area contributed by atoms with Crippen molar-refractivity contribution in [3.63, 3.8) is 0 Å². The summed E-state index contributed by atoms with van der Waals surface area (Å²) in [5, 5.41) is 6.57. The van der Waals surface area contributed by atoms with E-state index in [1.54, 1.807) is 29.0 Å². The Morgan fingerprint density at radius 2 is 2.14 bits per heavy atom. The molecule has 0 spiro atoms. The number of rotatable bonds is 6. The van der Waals surface area contributed by atoms with E-state index in [4.69, 9.17) is 0 Å². The lowest BCUT2D eigenvalue weighted by Gasteiger charge is -2.24. The minimum Gasteiger partial charge on any atom is -0.339 e. The highest BCUT2D eigenvalue weighted by atomic mass is 32.1. The molecule has 0 saturated carbocycles. The van der Waals surface area contributed by atoms with E-state index in [-0.39, 0.29) is 30.1 Å². The summed E-state index contributed by atoms with van der Waals surface area (Å²) in [5.74, 6) is 0.105. The van der Waals surface area contributed by atoms with Crippen LogP contribution >= 0.6 is 11.3 Å². The standard InChI is InChI=1S/C19H23N5O3S/c1-22-11-13(10-20-22)16(25)9-15-4-2-6-23(15)18(27)8-14-12-28-19(21-14)24-7-3-5-17(24)26/h10-12,15H,2-9H2,1H3. The molecule has 2 saturated heterocycles. The van der Waals surface area contributed by atoms with Crippen LogP contribution in [0.3, 0.4) is 0 Å². The number of thiazole rings is 1. The van der Waals surface area contributed by atoms with Crippen LogP contribution in [0, 0.1) is 0 Å². The summed E-state index contributed by atoms with van der Waals surface area (Å²) in [6.07, 6.45) is 6.96. The summed E-state index contributed by atoms with van der Waals surface area (Å²) in [6.45, 7) is 1.37. The first-order chi connectivity index (χ1) is 13.5. The van der Waals surface area contributed by atoms with Crippen molar-refractivity contribution in [3.8, 4) is 0 Å². The molecule has 0 aromatic carbocycles. The molecule has 0 bridgehead atoms. The molecule has 2 amide bonds. The fourth-order valence-corrected chi connectivity index (χ4v) is 4.75. The number of hydrogen-bond donors (Lipinski definition) is 0. The predicted molar refractivity (Wildman–Crippen MR) is 104 cm³/mol. The zero-order valence-corrected chi connectivity index (χ0v) is 16.7. The zero-order valence-electron chi connectivity index (χ0n) is 15.8. The second-order valence-corrected chi connectivity index (χ2v) is 8.20. The molecule has 2 aromatic heterocycles. The molecule has 8 nitrogen and oxygen atoms in total. The molecule has 0 radical (unpaired) electrons. The largest absolute Gasteiger partial charge is 0.339 e. The van der Waals surface area contributed by atoms with Gasteiger partial charge in [-0.3, -0.25) is 24.0 Å². The number of nitrogens with zero attached hydrogens (tertiary/aromatic N) is 5. The van der Waals surface area contributed by atoms with Crippen molar-refractivity contribution in [2.75, 3.05) is 18.0 Å². The lowest BCUT2D eigenvalue weighted by molar-refractivity contribution is -0.131. The fraction of sp³-hybridized carbons (Fsp3) is 0.526. The highest BCUT2D eigenvalue weighted by Crippen LogP contribution is 2.27. The van der Waals surface area contributed by atoms with E-state index in [1.165, 1.54) is 11.3 Å². The van der Waals surface area contributed by atoms with Gasteiger partial charge in [-0.05, 0) is 19.3 Å². The number of anilines is 1. The van der Waals surface area contributed by atoms with Crippen LogP contribution in [0.15, 0.2) is 17.8 Å². The van der Waals surface area contributed by atoms with Crippen molar-refractivity contribution in [1.29, 1.82) is 0 Å². The van der Waals surface area contributed by atoms with Crippen molar-refractivity contribution in [1.82, 2.24) is 19.7 Å². The molecule has 0 N–H and O–H groups in total. The predicted octanol–water partition coefficient (Wildman–Crippen LogP) is 1.81. The quantitative estimate of drug-likeness (QED) is 0.689. The van der Waals surface area contributed by atoms with Crippen molar-refractivity contribution >= 4 is 34.1 Å². The molecular weight excluding hydrogens is 378 g/mol. The summed E-state index contributed by atoms with van der Waals surface area (Å²) < 4.78 is 1.61. The molecule has 148 valence electrons. The van der Waals surface area contributed by atoms with E-state index in [0.29, 0.717) is 42.3 Å². The van der Waals surface area contributed by atoms with Crippen molar-refractivity contribution in [2.24, 2.45) is 7.05 Å². The molecule has 2 aliphatic heterocycles. The van der Waals surface area contributed by atoms with Gasteiger partial charge in [0.2, 0.25) is 11.8 Å². The first-order valence-electron chi connectivity index (χ1n) is 9.57. The van der Waals surface area contributed by atoms with Crippen LogP contribution in [0.5, 0.6) is 0 Å². The van der Waals surface area contributed by atoms with Crippen LogP contribution in [0.1, 0.15) is 48.2 Å². The maximum atomic E-state index is 12.8. The van der Waals surface area contributed by atoms with Gasteiger partial charge in [-0.2, -0.15) is 5.10 Å². The molecule has 2 aromatic rings. The van der Waals surface area contributed by atoms with Crippen molar-refractivity contribution in [2.45, 2.75) is 44.6 Å². The van der Waals surface area contributed by atoms with Gasteiger partial charge in [-0.25, -0.2) is 4.98 Å². The van der Waals surface area contributed by atoms with Gasteiger partial charge < -0.3 is 4.90 Å². The van der Waals surface area contributed by atoms with Gasteiger partial charge >= 0.3 is 0 Å². The van der Waals surface area contributed by atoms with E-state index in [2.05, 4.69) is 10.1 Å². The number of hydrogen-bond acceptors (Lipinski definition) is 6. The third kappa shape index (κ3) is 3.84. The minimum absolute atomic E-state index is 0.00825. The number of likely N-dealkylation sites (tertiary alicyclic amines) is 1. The molecule has 2 fully saturated rings. The van der Waals surface area contributed by atoms with Gasteiger partial charge in [0.15, 0.2) is 10.9 Å². The van der Waals surface area contributed by atoms with Gasteiger partial charge in [0, 0.05) is 50.6 Å². The first kappa shape index (κ1) is 18.8. The molecule has 0 aliphatic carbocycles. The number of ketones is 1. The number of carbonyl (C=O) groups is 3. The van der Waals surface area contributed by atoms with Gasteiger partial charge in [-0.15, -0.1) is 11.3 Å². The summed E-state index contributed by atoms with van der Waals surface area (Å²) >= 11 is 1.41. The molecule has 1 unspecified atom stereocenters. The van der Waals surface area contributed by atoms with Gasteiger partial charge in [0.05, 0.1) is 23.9 Å². The third-order valence-electron chi connectivity index (χ3n) is 5.32. The molecule has 4 heterocycles. The summed E-state index contributed by atoms with van der Waals surface area (Å²) in [4.78, 5) is 45.2. The van der Waals surface area contributed by atoms with Crippen LogP contribution < -0.4 is 4.90 Å². The highest BCUT2D eigenvalue weighted by Gasteiger charge is 2.31. The summed E-state index contributed by atoms with van der Waals surface area (Å²) in [6, 6.07) is -0.0709. The normalized spacial score (nSPS) is 19.6. The SMILES string of the molecule is Cn1cc(C(=O)CC2CCCN2C(=O)Cc2csc(N3CCCC3=O)n2)cn1. The van der Waals surface area contributed by atoms with Crippen LogP contribution in [0.4, 0.5) is 5.13 Å². The lowest BCUT2D eigenvalue weighted by Crippen LogP contribution is -2.37. The van der Waals surface area contributed by atoms with Crippen LogP contribution in [-0.2, 0) is 23.1 Å². The molecular formula is C19H23N5O3S. The second kappa shape index (κ2) is 7.83. The zero-order chi connectivity index (χ0) is 19.7. The van der Waals surface area contributed by atoms with E-state index in [9.17, 15) is 14.4 Å². The van der Waals surface area contributed by atoms with Crippen LogP contribution in [0.25, 0.3) is 0 Å². The maximum Gasteiger partial charge on any atom is 0.228 e. The van der Waals surface area contributed by atoms with Crippen LogP contribution in [-0.4, -0.2) is 56.4 Å². The second-order valence-electron chi connectivity index (χ2n) is 7.36. The Hall–Kier alpha value is -2.55. The molecule has 4 rings (SSSR count). The monoisotopic (exact) mass is 401 g/mol. The average Bonchev–Trinajstić information content (AvgIpc) is 3.42. The van der Waals surface area contributed by atoms with Gasteiger partial charge in [-0.1, -0.05) is 0 Å². The fourth-order valence-electron chi connectivity index (χ4n) is 3.88. The number of amides is 2. The Kier molecular flexibility index (Phi) is 5.25. The van der Waals surface area contributed by atoms with Crippen molar-refractivity contribution in [3.05, 3.63) is 29.0 Å². The van der Waals surface area contributed by atoms with Gasteiger partial charge in [0.1, 0.15) is 0 Å². The number of aryl methyl sites for hydroxylation is 1. The number of aromatic nitrogens is 3. The highest BCUT2D eigenvalue weighted by molar-refractivity contribution is 7.14. The van der Waals surface area contributed by atoms with E-state index >= 15 is 0 Å². The number of Topliss-reactive ketones (excluding diaryl/α,β-unsaturated/α-hetero) is 1. The minimum atomic E-state index is -0.0709. The van der Waals surface area contributed by atoms with Crippen LogP contribution in [0.2, 0.25) is 0 Å². The Bertz CT molecular complexity index is 905. The Morgan fingerprint density at radius 3 is 2.86 bits per heavy atom. The lowest BCUT2D eigenvalue weighted by atomic mass is 10.0. The third-order valence-corrected chi connectivity index (χ3v) is 6.23. The molecule has 9 heteroatoms. The molecule has 1 atom stereocenters. The van der Waals surface area contributed by atoms with E-state index in [0.717, 1.165) is 19.3 Å². The number of carbonyl (C=O) groups excluding carboxylic acids is 3. The summed E-state index contributed by atoms with van der Waals surface area (Å²) in [5.41, 5.74) is 1.27. The maximum absolute atomic E-state index is 12.8. The van der Waals surface area contributed by atoms with E-state index in [1.807, 2.05) is 10.3 Å². The van der Waals surface area contributed by atoms with E-state index < -0.39 is 0 Å². The van der Waals surface area contributed by atoms with Gasteiger partial charge in [0.25, 0.3) is 0 Å².